The second-order valence-corrected chi connectivity index (χ2v) is 15.1. The van der Waals surface area contributed by atoms with E-state index in [4.69, 9.17) is 0 Å². The lowest BCUT2D eigenvalue weighted by molar-refractivity contribution is -0.139. The fourth-order valence-electron chi connectivity index (χ4n) is 7.07. The zero-order chi connectivity index (χ0) is 29.7. The van der Waals surface area contributed by atoms with Gasteiger partial charge in [-0.15, -0.1) is 0 Å². The number of rotatable bonds is 14. The Balaban J connectivity index is 1.99. The molecule has 0 bridgehead atoms. The highest BCUT2D eigenvalue weighted by Crippen LogP contribution is 2.47. The Morgan fingerprint density at radius 2 is 1.31 bits per heavy atom. The van der Waals surface area contributed by atoms with Gasteiger partial charge in [0.25, 0.3) is 0 Å². The minimum Gasteiger partial charge on any atom is -0.480 e. The number of carboxylic acids is 1. The van der Waals surface area contributed by atoms with Crippen LogP contribution >= 0.6 is 11.8 Å². The van der Waals surface area contributed by atoms with Crippen molar-refractivity contribution < 1.29 is 19.5 Å². The van der Waals surface area contributed by atoms with Gasteiger partial charge in [0.1, 0.15) is 17.6 Å². The Bertz CT molecular complexity index is 976. The number of nitrogens with one attached hydrogen (secondary N) is 1. The summed E-state index contributed by atoms with van der Waals surface area (Å²) in [5.41, 5.74) is 5.15. The van der Waals surface area contributed by atoms with Gasteiger partial charge in [0.15, 0.2) is 0 Å². The maximum Gasteiger partial charge on any atom is 0.321 e. The molecule has 2 rings (SSSR count). The van der Waals surface area contributed by atoms with Gasteiger partial charge in [-0.25, -0.2) is 0 Å². The van der Waals surface area contributed by atoms with E-state index in [-0.39, 0.29) is 45.5 Å². The second kappa shape index (κ2) is 14.0. The molecule has 0 saturated heterocycles. The highest BCUT2D eigenvalue weighted by atomic mass is 32.2. The first-order valence-corrected chi connectivity index (χ1v) is 16.1. The quantitative estimate of drug-likeness (QED) is 0.211. The fraction of sp³-hybridized carbons (Fsp3) is 0.788. The average Bonchev–Trinajstić information content (AvgIpc) is 2.83. The van der Waals surface area contributed by atoms with Crippen molar-refractivity contribution in [3.63, 3.8) is 0 Å². The molecule has 0 radical (unpaired) electrons. The van der Waals surface area contributed by atoms with Crippen molar-refractivity contribution in [1.82, 2.24) is 5.32 Å². The third-order valence-electron chi connectivity index (χ3n) is 9.38. The van der Waals surface area contributed by atoms with Crippen LogP contribution in [-0.2, 0) is 14.4 Å². The number of carbonyl (C=O) groups excluding carboxylic acids is 2. The summed E-state index contributed by atoms with van der Waals surface area (Å²) in [6, 6.07) is -1.01. The number of allylic oxidation sites excluding steroid dienone is 4. The van der Waals surface area contributed by atoms with Gasteiger partial charge in [-0.05, 0) is 70.1 Å². The molecule has 0 amide bonds. The number of Topliss-reactive ketones (excluding diaryl/α,β-unsaturated/α-hetero) is 2. The molecule has 0 heterocycles. The lowest BCUT2D eigenvalue weighted by Crippen LogP contribution is -2.46. The maximum absolute atomic E-state index is 13.5. The van der Waals surface area contributed by atoms with E-state index in [1.807, 2.05) is 13.8 Å². The smallest absolute Gasteiger partial charge is 0.321 e. The van der Waals surface area contributed by atoms with Crippen LogP contribution < -0.4 is 5.32 Å². The molecule has 6 heteroatoms. The lowest BCUT2D eigenvalue weighted by atomic mass is 9.63. The molecule has 0 fully saturated rings. The molecule has 2 N–H and O–H groups in total. The number of hydrogen-bond acceptors (Lipinski definition) is 5. The standard InChI is InChI=1S/C33H55NO4S/c1-11-24-20(3)13-15-32(7,8)29(24)27(35)17-22(5)34-26(31(37)38)19-39-23(6)18-28(36)30-25(12-2)21(4)14-16-33(30,9)10/h22-23,26,29-30,34H,11-19H2,1-10H3,(H,37,38). The molecule has 5 nitrogen and oxygen atoms in total. The largest absolute Gasteiger partial charge is 0.480 e. The van der Waals surface area contributed by atoms with Crippen LogP contribution in [0.5, 0.6) is 0 Å². The summed E-state index contributed by atoms with van der Waals surface area (Å²) in [4.78, 5) is 39.1. The van der Waals surface area contributed by atoms with Crippen molar-refractivity contribution in [1.29, 1.82) is 0 Å². The third-order valence-corrected chi connectivity index (χ3v) is 10.6. The number of aliphatic carboxylic acids is 1. The normalized spacial score (nSPS) is 25.3. The van der Waals surface area contributed by atoms with Crippen LogP contribution in [0.4, 0.5) is 0 Å². The average molecular weight is 562 g/mol. The van der Waals surface area contributed by atoms with Crippen molar-refractivity contribution in [3.8, 4) is 0 Å². The highest BCUT2D eigenvalue weighted by molar-refractivity contribution is 7.99. The Labute approximate surface area is 242 Å². The Morgan fingerprint density at radius 3 is 1.72 bits per heavy atom. The number of thioether (sulfide) groups is 1. The zero-order valence-corrected chi connectivity index (χ0v) is 27.1. The summed E-state index contributed by atoms with van der Waals surface area (Å²) in [6.45, 7) is 21.3. The molecule has 0 aromatic rings. The number of hydrogen-bond donors (Lipinski definition) is 2. The van der Waals surface area contributed by atoms with E-state index in [0.717, 1.165) is 38.5 Å². The lowest BCUT2D eigenvalue weighted by Gasteiger charge is -2.41. The van der Waals surface area contributed by atoms with Crippen LogP contribution in [-0.4, -0.2) is 45.7 Å². The van der Waals surface area contributed by atoms with E-state index in [1.165, 1.54) is 34.1 Å². The second-order valence-electron chi connectivity index (χ2n) is 13.6. The van der Waals surface area contributed by atoms with Gasteiger partial charge >= 0.3 is 5.97 Å². The van der Waals surface area contributed by atoms with Gasteiger partial charge in [0.2, 0.25) is 0 Å². The zero-order valence-electron chi connectivity index (χ0n) is 26.3. The minimum atomic E-state index is -0.913. The molecule has 222 valence electrons. The molecule has 5 unspecified atom stereocenters. The van der Waals surface area contributed by atoms with Crippen LogP contribution in [0.2, 0.25) is 0 Å². The Morgan fingerprint density at radius 1 is 0.872 bits per heavy atom. The molecule has 0 aromatic heterocycles. The number of carbonyl (C=O) groups is 3. The molecule has 0 spiro atoms. The van der Waals surface area contributed by atoms with Crippen LogP contribution in [0.1, 0.15) is 121 Å². The first-order valence-electron chi connectivity index (χ1n) is 15.1. The van der Waals surface area contributed by atoms with Gasteiger partial charge < -0.3 is 10.4 Å². The van der Waals surface area contributed by atoms with E-state index < -0.39 is 12.0 Å². The van der Waals surface area contributed by atoms with Crippen LogP contribution in [0.3, 0.4) is 0 Å². The maximum atomic E-state index is 13.5. The molecular formula is C33H55NO4S. The predicted octanol–water partition coefficient (Wildman–Crippen LogP) is 7.78. The predicted molar refractivity (Wildman–Crippen MR) is 164 cm³/mol. The monoisotopic (exact) mass is 561 g/mol. The summed E-state index contributed by atoms with van der Waals surface area (Å²) in [6.07, 6.45) is 6.67. The Kier molecular flexibility index (Phi) is 12.1. The highest BCUT2D eigenvalue weighted by Gasteiger charge is 2.42. The van der Waals surface area contributed by atoms with E-state index in [9.17, 15) is 19.5 Å². The summed E-state index contributed by atoms with van der Waals surface area (Å²) in [5.74, 6) is -0.215. The van der Waals surface area contributed by atoms with Gasteiger partial charge in [-0.3, -0.25) is 14.4 Å². The van der Waals surface area contributed by atoms with E-state index >= 15 is 0 Å². The number of ketones is 2. The van der Waals surface area contributed by atoms with Crippen LogP contribution in [0.25, 0.3) is 0 Å². The SMILES string of the molecule is CCC1=C(C)CCC(C)(C)C1C(=O)CC(C)NC(CSC(C)CC(=O)C1C(CC)=C(C)CCC1(C)C)C(=O)O. The molecule has 2 aliphatic rings. The first kappa shape index (κ1) is 33.8. The van der Waals surface area contributed by atoms with Gasteiger partial charge in [0.05, 0.1) is 0 Å². The first-order chi connectivity index (χ1) is 18.0. The molecule has 2 aliphatic carbocycles. The van der Waals surface area contributed by atoms with Crippen molar-refractivity contribution in [3.05, 3.63) is 22.3 Å². The molecule has 0 aromatic carbocycles. The minimum absolute atomic E-state index is 0.0255. The topological polar surface area (TPSA) is 83.5 Å². The molecular weight excluding hydrogens is 506 g/mol. The summed E-state index contributed by atoms with van der Waals surface area (Å²) >= 11 is 1.54. The van der Waals surface area contributed by atoms with Crippen molar-refractivity contribution >= 4 is 29.3 Å². The molecule has 39 heavy (non-hydrogen) atoms. The Hall–Kier alpha value is -1.40. The summed E-state index contributed by atoms with van der Waals surface area (Å²) < 4.78 is 0. The molecule has 5 atom stereocenters. The van der Waals surface area contributed by atoms with Crippen molar-refractivity contribution in [2.45, 2.75) is 138 Å². The van der Waals surface area contributed by atoms with E-state index in [1.54, 1.807) is 0 Å². The number of carboxylic acid groups (broad SMARTS) is 1. The third kappa shape index (κ3) is 8.55. The fourth-order valence-corrected chi connectivity index (χ4v) is 8.11. The van der Waals surface area contributed by atoms with Gasteiger partial charge in [-0.2, -0.15) is 11.8 Å². The van der Waals surface area contributed by atoms with E-state index in [2.05, 4.69) is 60.7 Å². The van der Waals surface area contributed by atoms with Crippen molar-refractivity contribution in [2.75, 3.05) is 5.75 Å². The van der Waals surface area contributed by atoms with Gasteiger partial charge in [-0.1, -0.05) is 70.8 Å². The van der Waals surface area contributed by atoms with E-state index in [0.29, 0.717) is 18.6 Å². The van der Waals surface area contributed by atoms with Crippen LogP contribution in [0, 0.1) is 22.7 Å². The summed E-state index contributed by atoms with van der Waals surface area (Å²) in [7, 11) is 0. The molecule has 0 saturated carbocycles. The summed E-state index contributed by atoms with van der Waals surface area (Å²) in [5, 5.41) is 13.2. The van der Waals surface area contributed by atoms with Gasteiger partial charge in [0, 0.05) is 41.7 Å². The van der Waals surface area contributed by atoms with Crippen molar-refractivity contribution in [2.24, 2.45) is 22.7 Å². The molecule has 0 aliphatic heterocycles. The van der Waals surface area contributed by atoms with Crippen LogP contribution in [0.15, 0.2) is 22.3 Å².